The lowest BCUT2D eigenvalue weighted by Gasteiger charge is -2.30. The van der Waals surface area contributed by atoms with Crippen LogP contribution >= 0.6 is 11.8 Å². The summed E-state index contributed by atoms with van der Waals surface area (Å²) in [5, 5.41) is 13.7. The number of rotatable bonds is 9. The summed E-state index contributed by atoms with van der Waals surface area (Å²) in [5.41, 5.74) is 0. The number of hydrogen-bond acceptors (Lipinski definition) is 7. The number of benzene rings is 1. The van der Waals surface area contributed by atoms with Crippen molar-refractivity contribution in [2.45, 2.75) is 69.5 Å². The van der Waals surface area contributed by atoms with E-state index in [2.05, 4.69) is 31.8 Å². The summed E-state index contributed by atoms with van der Waals surface area (Å²) < 4.78 is 27.4. The SMILES string of the molecule is CCc1noc(CSc2nnc(COc3ccccc3F)n2C(C)C2CC3CCC2C3)n1. The van der Waals surface area contributed by atoms with E-state index in [0.717, 1.165) is 23.4 Å². The van der Waals surface area contributed by atoms with E-state index in [1.165, 1.54) is 31.7 Å². The minimum Gasteiger partial charge on any atom is -0.483 e. The van der Waals surface area contributed by atoms with E-state index >= 15 is 0 Å². The monoisotopic (exact) mass is 457 g/mol. The van der Waals surface area contributed by atoms with Crippen LogP contribution in [0, 0.1) is 23.6 Å². The number of nitrogens with zero attached hydrogens (tertiary/aromatic N) is 5. The lowest BCUT2D eigenvalue weighted by molar-refractivity contribution is 0.215. The third-order valence-corrected chi connectivity index (χ3v) is 7.83. The predicted octanol–water partition coefficient (Wildman–Crippen LogP) is 5.23. The number of para-hydroxylation sites is 1. The molecular weight excluding hydrogens is 429 g/mol. The second kappa shape index (κ2) is 9.21. The van der Waals surface area contributed by atoms with Gasteiger partial charge in [0, 0.05) is 12.5 Å². The van der Waals surface area contributed by atoms with Crippen LogP contribution in [0.5, 0.6) is 5.75 Å². The lowest BCUT2D eigenvalue weighted by atomic mass is 9.84. The van der Waals surface area contributed by atoms with E-state index in [9.17, 15) is 4.39 Å². The highest BCUT2D eigenvalue weighted by atomic mass is 32.2. The molecule has 2 aliphatic rings. The van der Waals surface area contributed by atoms with Gasteiger partial charge >= 0.3 is 0 Å². The Morgan fingerprint density at radius 3 is 2.84 bits per heavy atom. The zero-order valence-electron chi connectivity index (χ0n) is 18.4. The Balaban J connectivity index is 1.37. The van der Waals surface area contributed by atoms with Crippen LogP contribution in [0.2, 0.25) is 0 Å². The Hall–Kier alpha value is -2.42. The third-order valence-electron chi connectivity index (χ3n) is 6.90. The van der Waals surface area contributed by atoms with Gasteiger partial charge in [-0.3, -0.25) is 4.57 Å². The first-order chi connectivity index (χ1) is 15.6. The highest BCUT2D eigenvalue weighted by Gasteiger charge is 2.43. The van der Waals surface area contributed by atoms with E-state index in [1.54, 1.807) is 30.0 Å². The average molecular weight is 458 g/mol. The Labute approximate surface area is 191 Å². The van der Waals surface area contributed by atoms with Crippen LogP contribution in [-0.2, 0) is 18.8 Å². The van der Waals surface area contributed by atoms with Crippen LogP contribution in [-0.4, -0.2) is 24.9 Å². The quantitative estimate of drug-likeness (QED) is 0.407. The summed E-state index contributed by atoms with van der Waals surface area (Å²) in [7, 11) is 0. The molecule has 7 nitrogen and oxygen atoms in total. The Bertz CT molecular complexity index is 1070. The molecule has 2 saturated carbocycles. The first-order valence-electron chi connectivity index (χ1n) is 11.4. The van der Waals surface area contributed by atoms with Crippen molar-refractivity contribution in [1.29, 1.82) is 0 Å². The Kier molecular flexibility index (Phi) is 6.17. The molecule has 0 saturated heterocycles. The second-order valence-corrected chi connectivity index (χ2v) is 9.76. The van der Waals surface area contributed by atoms with E-state index in [4.69, 9.17) is 9.26 Å². The molecule has 32 heavy (non-hydrogen) atoms. The number of ether oxygens (including phenoxy) is 1. The molecule has 9 heteroatoms. The molecule has 4 atom stereocenters. The molecule has 2 aromatic heterocycles. The standard InChI is InChI=1S/C23H28FN5O2S/c1-3-20-25-22(31-28-20)13-32-23-27-26-21(12-30-19-7-5-4-6-18(19)24)29(23)14(2)17-11-15-8-9-16(17)10-15/h4-7,14-17H,3,8-13H2,1-2H3. The third kappa shape index (κ3) is 4.27. The fraction of sp³-hybridized carbons (Fsp3) is 0.565. The summed E-state index contributed by atoms with van der Waals surface area (Å²) >= 11 is 1.54. The molecule has 5 rings (SSSR count). The van der Waals surface area contributed by atoms with Gasteiger partial charge in [0.2, 0.25) is 5.89 Å². The summed E-state index contributed by atoms with van der Waals surface area (Å²) in [6.07, 6.45) is 6.00. The molecule has 2 heterocycles. The highest BCUT2D eigenvalue weighted by molar-refractivity contribution is 7.98. The van der Waals surface area contributed by atoms with Crippen molar-refractivity contribution in [3.63, 3.8) is 0 Å². The van der Waals surface area contributed by atoms with E-state index in [0.29, 0.717) is 29.2 Å². The maximum Gasteiger partial charge on any atom is 0.237 e. The molecule has 0 N–H and O–H groups in total. The number of aromatic nitrogens is 5. The highest BCUT2D eigenvalue weighted by Crippen LogP contribution is 2.52. The van der Waals surface area contributed by atoms with Crippen molar-refractivity contribution in [1.82, 2.24) is 24.9 Å². The van der Waals surface area contributed by atoms with Gasteiger partial charge in [-0.25, -0.2) is 4.39 Å². The van der Waals surface area contributed by atoms with Crippen molar-refractivity contribution in [2.24, 2.45) is 17.8 Å². The zero-order valence-corrected chi connectivity index (χ0v) is 19.2. The van der Waals surface area contributed by atoms with Crippen molar-refractivity contribution in [2.75, 3.05) is 0 Å². The van der Waals surface area contributed by atoms with Crippen LogP contribution in [0.1, 0.15) is 63.1 Å². The van der Waals surface area contributed by atoms with Gasteiger partial charge in [0.25, 0.3) is 0 Å². The van der Waals surface area contributed by atoms with Crippen molar-refractivity contribution < 1.29 is 13.7 Å². The maximum atomic E-state index is 14.0. The van der Waals surface area contributed by atoms with Gasteiger partial charge in [-0.05, 0) is 56.1 Å². The molecule has 2 fully saturated rings. The van der Waals surface area contributed by atoms with Crippen LogP contribution in [0.15, 0.2) is 33.9 Å². The summed E-state index contributed by atoms with van der Waals surface area (Å²) in [6, 6.07) is 6.69. The predicted molar refractivity (Wildman–Crippen MR) is 118 cm³/mol. The zero-order chi connectivity index (χ0) is 22.1. The van der Waals surface area contributed by atoms with Gasteiger partial charge in [0.1, 0.15) is 6.61 Å². The first kappa shape index (κ1) is 21.4. The second-order valence-electron chi connectivity index (χ2n) is 8.81. The number of aryl methyl sites for hydroxylation is 1. The first-order valence-corrected chi connectivity index (χ1v) is 12.4. The van der Waals surface area contributed by atoms with Gasteiger partial charge in [0.15, 0.2) is 28.4 Å². The number of fused-ring (bicyclic) bond motifs is 2. The van der Waals surface area contributed by atoms with Crippen molar-refractivity contribution in [3.8, 4) is 5.75 Å². The normalized spacial score (nSPS) is 23.0. The van der Waals surface area contributed by atoms with Crippen LogP contribution in [0.25, 0.3) is 0 Å². The number of hydrogen-bond donors (Lipinski definition) is 0. The smallest absolute Gasteiger partial charge is 0.237 e. The van der Waals surface area contributed by atoms with Crippen molar-refractivity contribution in [3.05, 3.63) is 47.6 Å². The molecule has 0 spiro atoms. The van der Waals surface area contributed by atoms with Gasteiger partial charge in [-0.1, -0.05) is 42.4 Å². The molecule has 1 aromatic carbocycles. The minimum atomic E-state index is -0.377. The largest absolute Gasteiger partial charge is 0.483 e. The maximum absolute atomic E-state index is 14.0. The van der Waals surface area contributed by atoms with Gasteiger partial charge < -0.3 is 9.26 Å². The number of halogens is 1. The number of thioether (sulfide) groups is 1. The molecule has 0 amide bonds. The molecular formula is C23H28FN5O2S. The fourth-order valence-corrected chi connectivity index (χ4v) is 6.19. The fourth-order valence-electron chi connectivity index (χ4n) is 5.31. The van der Waals surface area contributed by atoms with Gasteiger partial charge in [-0.2, -0.15) is 4.98 Å². The van der Waals surface area contributed by atoms with Crippen LogP contribution in [0.3, 0.4) is 0 Å². The van der Waals surface area contributed by atoms with Gasteiger partial charge in [-0.15, -0.1) is 10.2 Å². The van der Waals surface area contributed by atoms with E-state index in [-0.39, 0.29) is 24.2 Å². The van der Waals surface area contributed by atoms with E-state index < -0.39 is 0 Å². The van der Waals surface area contributed by atoms with Crippen LogP contribution < -0.4 is 4.74 Å². The Morgan fingerprint density at radius 2 is 2.12 bits per heavy atom. The molecule has 0 aliphatic heterocycles. The Morgan fingerprint density at radius 1 is 1.25 bits per heavy atom. The molecule has 4 unspecified atom stereocenters. The molecule has 2 aliphatic carbocycles. The van der Waals surface area contributed by atoms with Gasteiger partial charge in [0.05, 0.1) is 5.75 Å². The molecule has 3 aromatic rings. The molecule has 2 bridgehead atoms. The molecule has 170 valence electrons. The summed E-state index contributed by atoms with van der Waals surface area (Å²) in [5.74, 6) is 4.59. The summed E-state index contributed by atoms with van der Waals surface area (Å²) in [6.45, 7) is 4.42. The molecule has 0 radical (unpaired) electrons. The lowest BCUT2D eigenvalue weighted by Crippen LogP contribution is -2.24. The average Bonchev–Trinajstić information content (AvgIpc) is 3.60. The topological polar surface area (TPSA) is 78.9 Å². The van der Waals surface area contributed by atoms with Crippen molar-refractivity contribution >= 4 is 11.8 Å². The van der Waals surface area contributed by atoms with E-state index in [1.807, 2.05) is 6.92 Å². The summed E-state index contributed by atoms with van der Waals surface area (Å²) in [4.78, 5) is 4.40. The van der Waals surface area contributed by atoms with Crippen LogP contribution in [0.4, 0.5) is 4.39 Å². The minimum absolute atomic E-state index is 0.167.